The summed E-state index contributed by atoms with van der Waals surface area (Å²) >= 11 is 0. The maximum absolute atomic E-state index is 12.4. The maximum atomic E-state index is 12.4. The second-order valence-electron chi connectivity index (χ2n) is 8.48. The molecule has 4 rings (SSSR count). The topological polar surface area (TPSA) is 80.5 Å². The summed E-state index contributed by atoms with van der Waals surface area (Å²) in [7, 11) is 1.71. The zero-order valence-corrected chi connectivity index (χ0v) is 18.9. The van der Waals surface area contributed by atoms with Crippen LogP contribution in [0, 0.1) is 13.8 Å². The highest BCUT2D eigenvalue weighted by atomic mass is 16.5. The van der Waals surface area contributed by atoms with Gasteiger partial charge in [-0.15, -0.1) is 0 Å². The first-order valence-corrected chi connectivity index (χ1v) is 11.0. The molecule has 0 unspecified atom stereocenters. The normalized spacial score (nSPS) is 16.7. The minimum absolute atomic E-state index is 0.0759. The van der Waals surface area contributed by atoms with Crippen molar-refractivity contribution in [1.29, 1.82) is 0 Å². The molecule has 1 aliphatic heterocycles. The van der Waals surface area contributed by atoms with Gasteiger partial charge in [0.25, 0.3) is 0 Å². The SMILES string of the molecule is COc1ccccc1Cc1cc(C)nc([C@H]2CCCN(CC(=O)Nc3cc(C)on3)C2)c1. The molecule has 0 bridgehead atoms. The van der Waals surface area contributed by atoms with E-state index in [2.05, 4.69) is 33.6 Å². The van der Waals surface area contributed by atoms with Crippen LogP contribution in [-0.4, -0.2) is 47.7 Å². The molecule has 1 fully saturated rings. The Morgan fingerprint density at radius 3 is 2.88 bits per heavy atom. The lowest BCUT2D eigenvalue weighted by Crippen LogP contribution is -2.40. The van der Waals surface area contributed by atoms with Crippen LogP contribution in [0.2, 0.25) is 0 Å². The molecule has 3 heterocycles. The second kappa shape index (κ2) is 9.96. The Labute approximate surface area is 188 Å². The lowest BCUT2D eigenvalue weighted by atomic mass is 9.92. The van der Waals surface area contributed by atoms with E-state index in [1.807, 2.05) is 25.1 Å². The molecule has 1 saturated heterocycles. The Hall–Kier alpha value is -3.19. The summed E-state index contributed by atoms with van der Waals surface area (Å²) in [5, 5.41) is 6.64. The number of nitrogens with one attached hydrogen (secondary N) is 1. The van der Waals surface area contributed by atoms with E-state index in [1.54, 1.807) is 20.1 Å². The van der Waals surface area contributed by atoms with Gasteiger partial charge < -0.3 is 14.6 Å². The molecule has 0 radical (unpaired) electrons. The first-order valence-electron chi connectivity index (χ1n) is 11.0. The molecule has 7 heteroatoms. The number of carbonyl (C=O) groups excluding carboxylic acids is 1. The molecule has 0 spiro atoms. The number of likely N-dealkylation sites (tertiary alicyclic amines) is 1. The summed E-state index contributed by atoms with van der Waals surface area (Å²) < 4.78 is 10.5. The first-order chi connectivity index (χ1) is 15.5. The summed E-state index contributed by atoms with van der Waals surface area (Å²) in [4.78, 5) is 19.5. The minimum atomic E-state index is -0.0759. The Balaban J connectivity index is 1.43. The van der Waals surface area contributed by atoms with E-state index in [0.717, 1.165) is 55.1 Å². The van der Waals surface area contributed by atoms with Crippen molar-refractivity contribution in [1.82, 2.24) is 15.0 Å². The van der Waals surface area contributed by atoms with E-state index in [0.29, 0.717) is 24.0 Å². The molecule has 3 aromatic rings. The average molecular weight is 435 g/mol. The third kappa shape index (κ3) is 5.53. The highest BCUT2D eigenvalue weighted by Gasteiger charge is 2.24. The van der Waals surface area contributed by atoms with Crippen LogP contribution >= 0.6 is 0 Å². The van der Waals surface area contributed by atoms with Crippen molar-refractivity contribution < 1.29 is 14.1 Å². The Morgan fingerprint density at radius 1 is 1.25 bits per heavy atom. The molecule has 1 amide bonds. The van der Waals surface area contributed by atoms with Gasteiger partial charge in [-0.1, -0.05) is 23.4 Å². The molecule has 168 valence electrons. The zero-order chi connectivity index (χ0) is 22.5. The van der Waals surface area contributed by atoms with Crippen molar-refractivity contribution >= 4 is 11.7 Å². The number of para-hydroxylation sites is 1. The van der Waals surface area contributed by atoms with Crippen molar-refractivity contribution in [2.75, 3.05) is 32.1 Å². The Bertz CT molecular complexity index is 1080. The fourth-order valence-electron chi connectivity index (χ4n) is 4.40. The summed E-state index contributed by atoms with van der Waals surface area (Å²) in [6.45, 7) is 5.90. The van der Waals surface area contributed by atoms with Gasteiger partial charge in [-0.25, -0.2) is 0 Å². The lowest BCUT2D eigenvalue weighted by Gasteiger charge is -2.32. The smallest absolute Gasteiger partial charge is 0.239 e. The summed E-state index contributed by atoms with van der Waals surface area (Å²) in [5.41, 5.74) is 4.51. The molecule has 1 N–H and O–H groups in total. The average Bonchev–Trinajstić information content (AvgIpc) is 3.18. The van der Waals surface area contributed by atoms with Gasteiger partial charge in [0.05, 0.1) is 13.7 Å². The predicted octanol–water partition coefficient (Wildman–Crippen LogP) is 4.10. The fraction of sp³-hybridized carbons (Fsp3) is 0.400. The molecule has 1 aromatic carbocycles. The minimum Gasteiger partial charge on any atom is -0.496 e. The number of pyridine rings is 1. The summed E-state index contributed by atoms with van der Waals surface area (Å²) in [5.74, 6) is 2.27. The number of rotatable bonds is 7. The van der Waals surface area contributed by atoms with Crippen molar-refractivity contribution in [3.63, 3.8) is 0 Å². The van der Waals surface area contributed by atoms with Gasteiger partial charge in [0.15, 0.2) is 5.82 Å². The first kappa shape index (κ1) is 22.0. The molecule has 32 heavy (non-hydrogen) atoms. The monoisotopic (exact) mass is 434 g/mol. The van der Waals surface area contributed by atoms with Crippen LogP contribution in [0.5, 0.6) is 5.75 Å². The summed E-state index contributed by atoms with van der Waals surface area (Å²) in [6, 6.07) is 14.2. The van der Waals surface area contributed by atoms with Gasteiger partial charge in [-0.05, 0) is 62.6 Å². The van der Waals surface area contributed by atoms with E-state index >= 15 is 0 Å². The van der Waals surface area contributed by atoms with E-state index in [9.17, 15) is 4.79 Å². The number of hydrogen-bond acceptors (Lipinski definition) is 6. The molecule has 7 nitrogen and oxygen atoms in total. The number of piperidine rings is 1. The van der Waals surface area contributed by atoms with Crippen molar-refractivity contribution in [3.8, 4) is 5.75 Å². The third-order valence-electron chi connectivity index (χ3n) is 5.81. The van der Waals surface area contributed by atoms with E-state index in [-0.39, 0.29) is 5.91 Å². The van der Waals surface area contributed by atoms with Gasteiger partial charge in [0.2, 0.25) is 5.91 Å². The number of methoxy groups -OCH3 is 1. The molecular formula is C25H30N4O3. The number of benzene rings is 1. The van der Waals surface area contributed by atoms with Crippen LogP contribution in [0.15, 0.2) is 47.0 Å². The number of ether oxygens (including phenoxy) is 1. The van der Waals surface area contributed by atoms with Crippen molar-refractivity contribution in [2.24, 2.45) is 0 Å². The van der Waals surface area contributed by atoms with Gasteiger partial charge >= 0.3 is 0 Å². The quantitative estimate of drug-likeness (QED) is 0.603. The summed E-state index contributed by atoms with van der Waals surface area (Å²) in [6.07, 6.45) is 2.92. The number of aryl methyl sites for hydroxylation is 2. The van der Waals surface area contributed by atoms with Crippen LogP contribution in [0.3, 0.4) is 0 Å². The Morgan fingerprint density at radius 2 is 2.09 bits per heavy atom. The second-order valence-corrected chi connectivity index (χ2v) is 8.48. The van der Waals surface area contributed by atoms with Gasteiger partial charge in [-0.3, -0.25) is 14.7 Å². The number of hydrogen-bond donors (Lipinski definition) is 1. The zero-order valence-electron chi connectivity index (χ0n) is 18.9. The highest BCUT2D eigenvalue weighted by Crippen LogP contribution is 2.28. The molecule has 1 aliphatic rings. The van der Waals surface area contributed by atoms with Gasteiger partial charge in [0, 0.05) is 36.3 Å². The fourth-order valence-corrected chi connectivity index (χ4v) is 4.40. The molecule has 1 atom stereocenters. The van der Waals surface area contributed by atoms with Gasteiger partial charge in [0.1, 0.15) is 11.5 Å². The molecule has 0 saturated carbocycles. The maximum Gasteiger partial charge on any atom is 0.239 e. The van der Waals surface area contributed by atoms with Crippen LogP contribution < -0.4 is 10.1 Å². The number of nitrogens with zero attached hydrogens (tertiary/aromatic N) is 3. The number of amides is 1. The predicted molar refractivity (Wildman–Crippen MR) is 123 cm³/mol. The largest absolute Gasteiger partial charge is 0.496 e. The van der Waals surface area contributed by atoms with Crippen LogP contribution in [0.25, 0.3) is 0 Å². The van der Waals surface area contributed by atoms with E-state index < -0.39 is 0 Å². The molecular weight excluding hydrogens is 404 g/mol. The van der Waals surface area contributed by atoms with E-state index in [4.69, 9.17) is 14.2 Å². The van der Waals surface area contributed by atoms with Gasteiger partial charge in [-0.2, -0.15) is 0 Å². The molecule has 0 aliphatic carbocycles. The van der Waals surface area contributed by atoms with Crippen molar-refractivity contribution in [3.05, 3.63) is 70.7 Å². The highest BCUT2D eigenvalue weighted by molar-refractivity contribution is 5.91. The van der Waals surface area contributed by atoms with Crippen LogP contribution in [-0.2, 0) is 11.2 Å². The Kier molecular flexibility index (Phi) is 6.85. The van der Waals surface area contributed by atoms with Crippen LogP contribution in [0.1, 0.15) is 47.0 Å². The molecule has 2 aromatic heterocycles. The van der Waals surface area contributed by atoms with Crippen LogP contribution in [0.4, 0.5) is 5.82 Å². The van der Waals surface area contributed by atoms with Crippen molar-refractivity contribution in [2.45, 2.75) is 39.0 Å². The third-order valence-corrected chi connectivity index (χ3v) is 5.81. The lowest BCUT2D eigenvalue weighted by molar-refractivity contribution is -0.117. The number of anilines is 1. The van der Waals surface area contributed by atoms with E-state index in [1.165, 1.54) is 5.56 Å². The number of carbonyl (C=O) groups is 1. The number of aromatic nitrogens is 2. The standard InChI is InChI=1S/C25H30N4O3/c1-17-11-19(13-20-7-4-5-9-23(20)31-3)14-22(26-17)21-8-6-10-29(15-21)16-25(30)27-24-12-18(2)32-28-24/h4-5,7,9,11-12,14,21H,6,8,10,13,15-16H2,1-3H3,(H,27,28,30)/t21-/m0/s1.